The zero-order valence-corrected chi connectivity index (χ0v) is 15.6. The first-order chi connectivity index (χ1) is 12.2. The molecule has 1 saturated heterocycles. The molecule has 1 aromatic heterocycles. The van der Waals surface area contributed by atoms with E-state index in [1.54, 1.807) is 0 Å². The molecule has 2 N–H and O–H groups in total. The molecule has 1 amide bonds. The quantitative estimate of drug-likeness (QED) is 0.829. The van der Waals surface area contributed by atoms with Crippen molar-refractivity contribution < 1.29 is 4.79 Å². The van der Waals surface area contributed by atoms with Gasteiger partial charge in [-0.3, -0.25) is 4.79 Å². The Morgan fingerprint density at radius 1 is 1.28 bits per heavy atom. The molecule has 0 aromatic carbocycles. The normalized spacial score (nSPS) is 21.3. The number of carbonyl (C=O) groups excluding carboxylic acids is 1. The second-order valence-electron chi connectivity index (χ2n) is 7.50. The number of amides is 1. The van der Waals surface area contributed by atoms with Crippen LogP contribution in [-0.2, 0) is 11.3 Å². The van der Waals surface area contributed by atoms with Gasteiger partial charge in [0.25, 0.3) is 0 Å². The minimum absolute atomic E-state index is 0.234. The molecule has 1 atom stereocenters. The molecule has 0 spiro atoms. The van der Waals surface area contributed by atoms with Gasteiger partial charge in [-0.05, 0) is 38.1 Å². The summed E-state index contributed by atoms with van der Waals surface area (Å²) in [4.78, 5) is 23.7. The van der Waals surface area contributed by atoms with Gasteiger partial charge in [-0.1, -0.05) is 12.8 Å². The van der Waals surface area contributed by atoms with Crippen LogP contribution in [0.5, 0.6) is 0 Å². The van der Waals surface area contributed by atoms with Crippen LogP contribution in [0.1, 0.15) is 62.4 Å². The lowest BCUT2D eigenvalue weighted by Gasteiger charge is -2.23. The Hall–Kier alpha value is -1.69. The van der Waals surface area contributed by atoms with Crippen molar-refractivity contribution in [1.29, 1.82) is 0 Å². The van der Waals surface area contributed by atoms with Crippen LogP contribution < -0.4 is 10.6 Å². The Kier molecular flexibility index (Phi) is 6.24. The highest BCUT2D eigenvalue weighted by Gasteiger charge is 2.22. The number of piperidine rings is 1. The van der Waals surface area contributed by atoms with Gasteiger partial charge in [0, 0.05) is 39.0 Å². The van der Waals surface area contributed by atoms with Crippen LogP contribution >= 0.6 is 0 Å². The zero-order chi connectivity index (χ0) is 17.6. The van der Waals surface area contributed by atoms with E-state index in [1.165, 1.54) is 25.7 Å². The average molecular weight is 345 g/mol. The highest BCUT2D eigenvalue weighted by Crippen LogP contribution is 2.28. The van der Waals surface area contributed by atoms with E-state index in [9.17, 15) is 4.79 Å². The third kappa shape index (κ3) is 4.91. The molecule has 1 saturated carbocycles. The van der Waals surface area contributed by atoms with Crippen LogP contribution in [0.2, 0.25) is 0 Å². The highest BCUT2D eigenvalue weighted by molar-refractivity contribution is 5.76. The van der Waals surface area contributed by atoms with Gasteiger partial charge in [0.15, 0.2) is 0 Å². The first-order valence-electron chi connectivity index (χ1n) is 9.66. The molecule has 6 heteroatoms. The third-order valence-corrected chi connectivity index (χ3v) is 5.48. The summed E-state index contributed by atoms with van der Waals surface area (Å²) >= 11 is 0. The number of anilines is 1. The topological polar surface area (TPSA) is 70.2 Å². The largest absolute Gasteiger partial charge is 0.373 e. The molecule has 1 aliphatic carbocycles. The zero-order valence-electron chi connectivity index (χ0n) is 15.6. The molecule has 0 unspecified atom stereocenters. The minimum Gasteiger partial charge on any atom is -0.373 e. The molecular formula is C19H31N5O. The van der Waals surface area contributed by atoms with Gasteiger partial charge in [0.05, 0.1) is 12.2 Å². The first-order valence-corrected chi connectivity index (χ1v) is 9.66. The Morgan fingerprint density at radius 3 is 2.76 bits per heavy atom. The van der Waals surface area contributed by atoms with Crippen molar-refractivity contribution in [2.45, 2.75) is 57.4 Å². The fourth-order valence-electron chi connectivity index (χ4n) is 3.93. The van der Waals surface area contributed by atoms with Gasteiger partial charge in [-0.2, -0.15) is 0 Å². The molecule has 138 valence electrons. The van der Waals surface area contributed by atoms with E-state index in [0.717, 1.165) is 43.3 Å². The Balaban J connectivity index is 1.66. The predicted octanol–water partition coefficient (Wildman–Crippen LogP) is 2.52. The summed E-state index contributed by atoms with van der Waals surface area (Å²) < 4.78 is 0. The maximum Gasteiger partial charge on any atom is 0.222 e. The second-order valence-corrected chi connectivity index (χ2v) is 7.50. The summed E-state index contributed by atoms with van der Waals surface area (Å²) in [6.45, 7) is 2.56. The SMILES string of the molecule is CNc1cc(CN(C)C(=O)CC2CCCC2)nc([C@H]2CCCNC2)n1. The molecule has 0 bridgehead atoms. The maximum atomic E-state index is 12.5. The molecule has 25 heavy (non-hydrogen) atoms. The van der Waals surface area contributed by atoms with Crippen molar-refractivity contribution in [3.63, 3.8) is 0 Å². The number of rotatable bonds is 6. The Morgan fingerprint density at radius 2 is 2.08 bits per heavy atom. The number of hydrogen-bond donors (Lipinski definition) is 2. The van der Waals surface area contributed by atoms with Crippen molar-refractivity contribution >= 4 is 11.7 Å². The molecule has 3 rings (SSSR count). The maximum absolute atomic E-state index is 12.5. The van der Waals surface area contributed by atoms with Crippen LogP contribution in [0, 0.1) is 5.92 Å². The third-order valence-electron chi connectivity index (χ3n) is 5.48. The lowest BCUT2D eigenvalue weighted by Crippen LogP contribution is -2.31. The summed E-state index contributed by atoms with van der Waals surface area (Å²) in [5.74, 6) is 2.91. The summed E-state index contributed by atoms with van der Waals surface area (Å²) in [6, 6.07) is 1.96. The van der Waals surface area contributed by atoms with E-state index < -0.39 is 0 Å². The fourth-order valence-corrected chi connectivity index (χ4v) is 3.93. The van der Waals surface area contributed by atoms with Gasteiger partial charge in [0.1, 0.15) is 11.6 Å². The van der Waals surface area contributed by atoms with Crippen molar-refractivity contribution in [3.05, 3.63) is 17.6 Å². The smallest absolute Gasteiger partial charge is 0.222 e. The number of nitrogens with zero attached hydrogens (tertiary/aromatic N) is 3. The van der Waals surface area contributed by atoms with Gasteiger partial charge >= 0.3 is 0 Å². The van der Waals surface area contributed by atoms with E-state index in [2.05, 4.69) is 15.6 Å². The monoisotopic (exact) mass is 345 g/mol. The second kappa shape index (κ2) is 8.61. The standard InChI is InChI=1S/C19H31N5O/c1-20-17-11-16(22-19(23-17)15-8-5-9-21-12-15)13-24(2)18(25)10-14-6-3-4-7-14/h11,14-15,21H,3-10,12-13H2,1-2H3,(H,20,22,23)/t15-/m0/s1. The van der Waals surface area contributed by atoms with Gasteiger partial charge in [-0.15, -0.1) is 0 Å². The molecule has 2 heterocycles. The molecule has 0 radical (unpaired) electrons. The minimum atomic E-state index is 0.234. The van der Waals surface area contributed by atoms with Crippen LogP contribution in [0.15, 0.2) is 6.07 Å². The number of aromatic nitrogens is 2. The molecule has 2 aliphatic rings. The summed E-state index contributed by atoms with van der Waals surface area (Å²) in [5.41, 5.74) is 0.919. The summed E-state index contributed by atoms with van der Waals surface area (Å²) in [6.07, 6.45) is 7.92. The molecule has 2 fully saturated rings. The fraction of sp³-hybridized carbons (Fsp3) is 0.737. The number of hydrogen-bond acceptors (Lipinski definition) is 5. The van der Waals surface area contributed by atoms with E-state index >= 15 is 0 Å². The first kappa shape index (κ1) is 18.1. The number of carbonyl (C=O) groups is 1. The van der Waals surface area contributed by atoms with E-state index in [0.29, 0.717) is 24.8 Å². The predicted molar refractivity (Wildman–Crippen MR) is 99.5 cm³/mol. The average Bonchev–Trinajstić information content (AvgIpc) is 3.15. The Labute approximate surface area is 150 Å². The summed E-state index contributed by atoms with van der Waals surface area (Å²) in [5, 5.41) is 6.56. The molecule has 1 aliphatic heterocycles. The van der Waals surface area contributed by atoms with Crippen LogP contribution in [0.25, 0.3) is 0 Å². The van der Waals surface area contributed by atoms with Gasteiger partial charge in [-0.25, -0.2) is 9.97 Å². The summed E-state index contributed by atoms with van der Waals surface area (Å²) in [7, 11) is 3.77. The Bertz CT molecular complexity index is 579. The van der Waals surface area contributed by atoms with Crippen LogP contribution in [0.4, 0.5) is 5.82 Å². The molecular weight excluding hydrogens is 314 g/mol. The molecule has 6 nitrogen and oxygen atoms in total. The van der Waals surface area contributed by atoms with E-state index in [-0.39, 0.29) is 5.91 Å². The van der Waals surface area contributed by atoms with Crippen LogP contribution in [0.3, 0.4) is 0 Å². The number of nitrogens with one attached hydrogen (secondary N) is 2. The lowest BCUT2D eigenvalue weighted by atomic mass is 9.99. The highest BCUT2D eigenvalue weighted by atomic mass is 16.2. The van der Waals surface area contributed by atoms with Gasteiger partial charge in [0.2, 0.25) is 5.91 Å². The van der Waals surface area contributed by atoms with Crippen molar-refractivity contribution in [2.24, 2.45) is 5.92 Å². The van der Waals surface area contributed by atoms with E-state index in [4.69, 9.17) is 4.98 Å². The van der Waals surface area contributed by atoms with Crippen molar-refractivity contribution in [3.8, 4) is 0 Å². The van der Waals surface area contributed by atoms with Crippen molar-refractivity contribution in [1.82, 2.24) is 20.2 Å². The molecule has 1 aromatic rings. The lowest BCUT2D eigenvalue weighted by molar-refractivity contribution is -0.131. The van der Waals surface area contributed by atoms with E-state index in [1.807, 2.05) is 25.1 Å². The van der Waals surface area contributed by atoms with Gasteiger partial charge < -0.3 is 15.5 Å². The van der Waals surface area contributed by atoms with Crippen molar-refractivity contribution in [2.75, 3.05) is 32.5 Å². The van der Waals surface area contributed by atoms with Crippen LogP contribution in [-0.4, -0.2) is 48.0 Å².